The van der Waals surface area contributed by atoms with Crippen LogP contribution < -0.4 is 5.32 Å². The molecule has 4 atom stereocenters. The van der Waals surface area contributed by atoms with Gasteiger partial charge < -0.3 is 10.4 Å². The Labute approximate surface area is 239 Å². The molecule has 2 amide bonds. The number of carbonyl (C=O) groups is 2. The number of alkyl halides is 3. The molecule has 2 fully saturated rings. The molecule has 3 rings (SSSR count). The molecule has 0 unspecified atom stereocenters. The Balaban J connectivity index is 1.76. The lowest BCUT2D eigenvalue weighted by atomic mass is 9.72. The first kappa shape index (κ1) is 32.5. The normalized spacial score (nSPS) is 23.1. The summed E-state index contributed by atoms with van der Waals surface area (Å²) in [6, 6.07) is 0.880. The number of fused-ring (bicyclic) bond motifs is 1. The number of carboxylic acid groups (broad SMARTS) is 1. The molecule has 40 heavy (non-hydrogen) atoms. The molecule has 1 aromatic rings. The molecule has 0 bridgehead atoms. The number of rotatable bonds is 8. The van der Waals surface area contributed by atoms with Crippen molar-refractivity contribution < 1.29 is 36.3 Å². The Morgan fingerprint density at radius 3 is 2.30 bits per heavy atom. The number of hydrogen-bond donors (Lipinski definition) is 2. The lowest BCUT2D eigenvalue weighted by Crippen LogP contribution is -2.52. The summed E-state index contributed by atoms with van der Waals surface area (Å²) in [5, 5.41) is 12.2. The number of benzene rings is 1. The summed E-state index contributed by atoms with van der Waals surface area (Å²) in [4.78, 5) is 25.9. The Kier molecular flexibility index (Phi) is 9.19. The minimum absolute atomic E-state index is 0.0280. The maximum absolute atomic E-state index is 13.5. The molecule has 0 radical (unpaired) electrons. The molecule has 2 N–H and O–H groups in total. The van der Waals surface area contributed by atoms with Crippen LogP contribution in [0.15, 0.2) is 23.1 Å². The largest absolute Gasteiger partial charge is 0.465 e. The molecule has 2 aliphatic rings. The second-order valence-electron chi connectivity index (χ2n) is 13.1. The van der Waals surface area contributed by atoms with E-state index in [4.69, 9.17) is 11.6 Å². The van der Waals surface area contributed by atoms with Crippen LogP contribution in [0.5, 0.6) is 0 Å². The number of nitrogens with one attached hydrogen (secondary N) is 1. The molecule has 13 heteroatoms. The summed E-state index contributed by atoms with van der Waals surface area (Å²) in [5.41, 5.74) is -1.40. The van der Waals surface area contributed by atoms with Gasteiger partial charge in [-0.1, -0.05) is 46.2 Å². The molecule has 0 spiro atoms. The van der Waals surface area contributed by atoms with Crippen molar-refractivity contribution >= 4 is 33.6 Å². The van der Waals surface area contributed by atoms with Crippen molar-refractivity contribution in [2.24, 2.45) is 22.7 Å². The predicted octanol–water partition coefficient (Wildman–Crippen LogP) is 5.71. The molecule has 1 saturated carbocycles. The number of likely N-dealkylation sites (N-methyl/N-ethyl adjacent to an activating group) is 1. The monoisotopic (exact) mass is 609 g/mol. The SMILES string of the molecule is CN(C(=O)O)[C@@H](CC(C)(C)CC(C)(C)C)C(=O)N[C@H]1CC[C@@H]2CN(S(=O)(=O)c3ccc(C(F)(F)F)cc3Cl)C[C@@H]21. The van der Waals surface area contributed by atoms with E-state index >= 15 is 0 Å². The van der Waals surface area contributed by atoms with Gasteiger partial charge in [-0.15, -0.1) is 0 Å². The van der Waals surface area contributed by atoms with Crippen molar-refractivity contribution in [1.82, 2.24) is 14.5 Å². The molecular formula is C27H39ClF3N3O5S. The van der Waals surface area contributed by atoms with Gasteiger partial charge in [0, 0.05) is 26.2 Å². The van der Waals surface area contributed by atoms with Crippen molar-refractivity contribution in [3.8, 4) is 0 Å². The van der Waals surface area contributed by atoms with E-state index in [0.29, 0.717) is 31.4 Å². The zero-order chi connectivity index (χ0) is 30.4. The van der Waals surface area contributed by atoms with Crippen LogP contribution in [0.4, 0.5) is 18.0 Å². The van der Waals surface area contributed by atoms with Crippen LogP contribution in [0.2, 0.25) is 5.02 Å². The van der Waals surface area contributed by atoms with Gasteiger partial charge in [-0.05, 0) is 66.5 Å². The highest BCUT2D eigenvalue weighted by Crippen LogP contribution is 2.42. The zero-order valence-electron chi connectivity index (χ0n) is 23.7. The van der Waals surface area contributed by atoms with Crippen LogP contribution in [0.1, 0.15) is 65.9 Å². The lowest BCUT2D eigenvalue weighted by Gasteiger charge is -2.37. The van der Waals surface area contributed by atoms with Gasteiger partial charge in [-0.25, -0.2) is 13.2 Å². The lowest BCUT2D eigenvalue weighted by molar-refractivity contribution is -0.137. The van der Waals surface area contributed by atoms with Gasteiger partial charge in [0.25, 0.3) is 0 Å². The van der Waals surface area contributed by atoms with E-state index in [1.807, 2.05) is 13.8 Å². The first-order chi connectivity index (χ1) is 18.1. The number of sulfonamides is 1. The van der Waals surface area contributed by atoms with Gasteiger partial charge in [0.15, 0.2) is 0 Å². The number of hydrogen-bond acceptors (Lipinski definition) is 4. The highest BCUT2D eigenvalue weighted by Gasteiger charge is 2.48. The molecule has 1 saturated heterocycles. The third-order valence-electron chi connectivity index (χ3n) is 7.85. The van der Waals surface area contributed by atoms with Crippen LogP contribution in [0, 0.1) is 22.7 Å². The molecular weight excluding hydrogens is 571 g/mol. The minimum atomic E-state index is -4.66. The van der Waals surface area contributed by atoms with Gasteiger partial charge in [-0.2, -0.15) is 17.5 Å². The van der Waals surface area contributed by atoms with E-state index in [9.17, 15) is 36.3 Å². The number of carbonyl (C=O) groups excluding carboxylic acids is 1. The maximum Gasteiger partial charge on any atom is 0.416 e. The van der Waals surface area contributed by atoms with E-state index in [-0.39, 0.29) is 41.8 Å². The number of nitrogens with zero attached hydrogens (tertiary/aromatic N) is 2. The van der Waals surface area contributed by atoms with E-state index < -0.39 is 49.7 Å². The first-order valence-electron chi connectivity index (χ1n) is 13.3. The highest BCUT2D eigenvalue weighted by molar-refractivity contribution is 7.89. The van der Waals surface area contributed by atoms with E-state index in [2.05, 4.69) is 26.1 Å². The van der Waals surface area contributed by atoms with Crippen molar-refractivity contribution in [3.63, 3.8) is 0 Å². The van der Waals surface area contributed by atoms with Gasteiger partial charge in [0.1, 0.15) is 10.9 Å². The zero-order valence-corrected chi connectivity index (χ0v) is 25.3. The number of halogens is 4. The molecule has 226 valence electrons. The Morgan fingerprint density at radius 1 is 1.15 bits per heavy atom. The van der Waals surface area contributed by atoms with Crippen molar-refractivity contribution in [2.75, 3.05) is 20.1 Å². The molecule has 0 aromatic heterocycles. The molecule has 1 aliphatic heterocycles. The van der Waals surface area contributed by atoms with E-state index in [1.54, 1.807) is 0 Å². The fourth-order valence-electron chi connectivity index (χ4n) is 6.47. The van der Waals surface area contributed by atoms with Crippen LogP contribution in [-0.2, 0) is 21.0 Å². The van der Waals surface area contributed by atoms with Gasteiger partial charge >= 0.3 is 12.3 Å². The van der Waals surface area contributed by atoms with Crippen LogP contribution in [-0.4, -0.2) is 67.0 Å². The second-order valence-corrected chi connectivity index (χ2v) is 15.4. The van der Waals surface area contributed by atoms with Gasteiger partial charge in [-0.3, -0.25) is 9.69 Å². The van der Waals surface area contributed by atoms with E-state index in [0.717, 1.165) is 17.4 Å². The summed E-state index contributed by atoms with van der Waals surface area (Å²) in [7, 11) is -2.80. The smallest absolute Gasteiger partial charge is 0.416 e. The van der Waals surface area contributed by atoms with Crippen molar-refractivity contribution in [3.05, 3.63) is 28.8 Å². The Morgan fingerprint density at radius 2 is 1.77 bits per heavy atom. The standard InChI is InChI=1S/C27H39ClF3N3O5S/c1-25(2,3)15-26(4,5)12-21(33(6)24(36)37)23(35)32-20-9-7-16-13-34(14-18(16)20)40(38,39)22-10-8-17(11-19(22)28)27(29,30)31/h8,10-11,16,18,20-21H,7,9,12-15H2,1-6H3,(H,32,35)(H,36,37)/t16-,18+,20+,21+/m1/s1. The maximum atomic E-state index is 13.5. The average molecular weight is 610 g/mol. The summed E-state index contributed by atoms with van der Waals surface area (Å²) in [5.74, 6) is -0.698. The summed E-state index contributed by atoms with van der Waals surface area (Å²) in [6.07, 6.45) is -3.53. The first-order valence-corrected chi connectivity index (χ1v) is 15.1. The van der Waals surface area contributed by atoms with Gasteiger partial charge in [0.05, 0.1) is 10.6 Å². The topological polar surface area (TPSA) is 107 Å². The fourth-order valence-corrected chi connectivity index (χ4v) is 8.53. The third-order valence-corrected chi connectivity index (χ3v) is 10.2. The Hall–Kier alpha value is -2.05. The molecule has 1 aliphatic carbocycles. The van der Waals surface area contributed by atoms with Crippen LogP contribution >= 0.6 is 11.6 Å². The summed E-state index contributed by atoms with van der Waals surface area (Å²) < 4.78 is 66.9. The average Bonchev–Trinajstić information content (AvgIpc) is 3.37. The molecule has 8 nitrogen and oxygen atoms in total. The summed E-state index contributed by atoms with van der Waals surface area (Å²) in [6.45, 7) is 10.5. The highest BCUT2D eigenvalue weighted by atomic mass is 35.5. The van der Waals surface area contributed by atoms with Crippen molar-refractivity contribution in [1.29, 1.82) is 0 Å². The molecule has 1 aromatic carbocycles. The quantitative estimate of drug-likeness (QED) is 0.393. The fraction of sp³-hybridized carbons (Fsp3) is 0.704. The minimum Gasteiger partial charge on any atom is -0.465 e. The van der Waals surface area contributed by atoms with Crippen molar-refractivity contribution in [2.45, 2.75) is 83.5 Å². The third kappa shape index (κ3) is 7.42. The summed E-state index contributed by atoms with van der Waals surface area (Å²) >= 11 is 5.98. The second kappa shape index (κ2) is 11.3. The van der Waals surface area contributed by atoms with E-state index in [1.165, 1.54) is 11.4 Å². The van der Waals surface area contributed by atoms with Gasteiger partial charge in [0.2, 0.25) is 15.9 Å². The number of amides is 2. The van der Waals surface area contributed by atoms with Crippen LogP contribution in [0.3, 0.4) is 0 Å². The predicted molar refractivity (Wildman–Crippen MR) is 145 cm³/mol. The van der Waals surface area contributed by atoms with Crippen LogP contribution in [0.25, 0.3) is 0 Å². The Bertz CT molecular complexity index is 1230. The molecule has 1 heterocycles.